The summed E-state index contributed by atoms with van der Waals surface area (Å²) in [6, 6.07) is 5.61. The highest BCUT2D eigenvalue weighted by Gasteiger charge is 2.40. The maximum atomic E-state index is 11.6. The van der Waals surface area contributed by atoms with Gasteiger partial charge >= 0.3 is 5.97 Å². The molecule has 0 saturated carbocycles. The SMILES string of the molecule is CN(C)c1nsc(N2C[C@H](C(=O)O)[C@@H](c3ccccn3)C2)n1. The van der Waals surface area contributed by atoms with Crippen molar-refractivity contribution in [1.82, 2.24) is 14.3 Å². The van der Waals surface area contributed by atoms with Crippen LogP contribution in [0.4, 0.5) is 11.1 Å². The Labute approximate surface area is 132 Å². The van der Waals surface area contributed by atoms with E-state index in [0.717, 1.165) is 10.8 Å². The molecule has 0 spiro atoms. The van der Waals surface area contributed by atoms with Gasteiger partial charge in [0.2, 0.25) is 11.1 Å². The van der Waals surface area contributed by atoms with E-state index in [2.05, 4.69) is 14.3 Å². The summed E-state index contributed by atoms with van der Waals surface area (Å²) in [6.45, 7) is 1.02. The van der Waals surface area contributed by atoms with Crippen LogP contribution in [-0.4, -0.2) is 52.6 Å². The maximum absolute atomic E-state index is 11.6. The highest BCUT2D eigenvalue weighted by Crippen LogP contribution is 2.35. The molecule has 0 bridgehead atoms. The quantitative estimate of drug-likeness (QED) is 0.909. The fourth-order valence-corrected chi connectivity index (χ4v) is 3.38. The molecule has 0 unspecified atom stereocenters. The first-order valence-electron chi connectivity index (χ1n) is 6.96. The third-order valence-corrected chi connectivity index (χ3v) is 4.55. The van der Waals surface area contributed by atoms with Crippen molar-refractivity contribution in [2.24, 2.45) is 5.92 Å². The minimum absolute atomic E-state index is 0.134. The van der Waals surface area contributed by atoms with Gasteiger partial charge in [-0.05, 0) is 12.1 Å². The molecule has 1 saturated heterocycles. The van der Waals surface area contributed by atoms with E-state index in [1.54, 1.807) is 6.20 Å². The van der Waals surface area contributed by atoms with Gasteiger partial charge in [-0.2, -0.15) is 9.36 Å². The standard InChI is InChI=1S/C14H17N5O2S/c1-18(2)13-16-14(22-17-13)19-7-9(10(8-19)12(20)21)11-5-3-4-6-15-11/h3-6,9-10H,7-8H2,1-2H3,(H,20,21)/t9-,10-/m0/s1. The number of pyridine rings is 1. The lowest BCUT2D eigenvalue weighted by molar-refractivity contribution is -0.141. The van der Waals surface area contributed by atoms with Gasteiger partial charge in [-0.15, -0.1) is 0 Å². The second-order valence-corrected chi connectivity index (χ2v) is 6.21. The van der Waals surface area contributed by atoms with Crippen molar-refractivity contribution in [3.8, 4) is 0 Å². The van der Waals surface area contributed by atoms with Crippen LogP contribution in [0.15, 0.2) is 24.4 Å². The molecule has 22 heavy (non-hydrogen) atoms. The number of rotatable bonds is 4. The van der Waals surface area contributed by atoms with Crippen molar-refractivity contribution >= 4 is 28.6 Å². The summed E-state index contributed by atoms with van der Waals surface area (Å²) < 4.78 is 4.28. The minimum Gasteiger partial charge on any atom is -0.481 e. The Hall–Kier alpha value is -2.22. The van der Waals surface area contributed by atoms with Gasteiger partial charge in [0.25, 0.3) is 0 Å². The van der Waals surface area contributed by atoms with Crippen LogP contribution < -0.4 is 9.80 Å². The van der Waals surface area contributed by atoms with Gasteiger partial charge in [-0.25, -0.2) is 0 Å². The Morgan fingerprint density at radius 2 is 2.23 bits per heavy atom. The average Bonchev–Trinajstić information content (AvgIpc) is 3.15. The van der Waals surface area contributed by atoms with E-state index in [0.29, 0.717) is 19.0 Å². The summed E-state index contributed by atoms with van der Waals surface area (Å²) in [7, 11) is 3.76. The fourth-order valence-electron chi connectivity index (χ4n) is 2.62. The van der Waals surface area contributed by atoms with Gasteiger partial charge in [-0.1, -0.05) is 6.07 Å². The Kier molecular flexibility index (Phi) is 3.93. The normalized spacial score (nSPS) is 21.1. The van der Waals surface area contributed by atoms with Gasteiger partial charge in [0.15, 0.2) is 0 Å². The lowest BCUT2D eigenvalue weighted by Gasteiger charge is -2.14. The lowest BCUT2D eigenvalue weighted by Crippen LogP contribution is -2.23. The molecule has 1 fully saturated rings. The van der Waals surface area contributed by atoms with Crippen LogP contribution >= 0.6 is 11.5 Å². The predicted octanol–water partition coefficient (Wildman–Crippen LogP) is 1.30. The number of aromatic nitrogens is 3. The van der Waals surface area contributed by atoms with Crippen molar-refractivity contribution in [2.45, 2.75) is 5.92 Å². The fraction of sp³-hybridized carbons (Fsp3) is 0.429. The Bertz CT molecular complexity index is 660. The molecule has 3 heterocycles. The number of hydrogen-bond donors (Lipinski definition) is 1. The summed E-state index contributed by atoms with van der Waals surface area (Å²) >= 11 is 1.30. The molecule has 0 radical (unpaired) electrons. The van der Waals surface area contributed by atoms with E-state index in [1.165, 1.54) is 11.5 Å². The third-order valence-electron chi connectivity index (χ3n) is 3.78. The van der Waals surface area contributed by atoms with Gasteiger partial charge in [-0.3, -0.25) is 9.78 Å². The summed E-state index contributed by atoms with van der Waals surface area (Å²) in [4.78, 5) is 24.2. The molecular weight excluding hydrogens is 302 g/mol. The zero-order chi connectivity index (χ0) is 15.7. The van der Waals surface area contributed by atoms with E-state index >= 15 is 0 Å². The van der Waals surface area contributed by atoms with Crippen LogP contribution in [-0.2, 0) is 4.79 Å². The second kappa shape index (κ2) is 5.88. The van der Waals surface area contributed by atoms with Gasteiger partial charge in [0, 0.05) is 56.5 Å². The number of nitrogens with zero attached hydrogens (tertiary/aromatic N) is 5. The highest BCUT2D eigenvalue weighted by molar-refractivity contribution is 7.09. The molecule has 116 valence electrons. The molecular formula is C14H17N5O2S. The van der Waals surface area contributed by atoms with E-state index < -0.39 is 11.9 Å². The Morgan fingerprint density at radius 1 is 1.41 bits per heavy atom. The third kappa shape index (κ3) is 2.74. The number of carbonyl (C=O) groups is 1. The molecule has 3 rings (SSSR count). The molecule has 0 amide bonds. The van der Waals surface area contributed by atoms with Crippen molar-refractivity contribution in [3.05, 3.63) is 30.1 Å². The van der Waals surface area contributed by atoms with Crippen molar-refractivity contribution < 1.29 is 9.90 Å². The summed E-state index contributed by atoms with van der Waals surface area (Å²) in [5.41, 5.74) is 0.815. The predicted molar refractivity (Wildman–Crippen MR) is 84.6 cm³/mol. The van der Waals surface area contributed by atoms with Crippen molar-refractivity contribution in [2.75, 3.05) is 37.0 Å². The molecule has 7 nitrogen and oxygen atoms in total. The molecule has 0 aromatic carbocycles. The zero-order valence-electron chi connectivity index (χ0n) is 12.4. The first kappa shape index (κ1) is 14.7. The van der Waals surface area contributed by atoms with E-state index in [-0.39, 0.29) is 5.92 Å². The molecule has 0 aliphatic carbocycles. The smallest absolute Gasteiger partial charge is 0.309 e. The molecule has 8 heteroatoms. The summed E-state index contributed by atoms with van der Waals surface area (Å²) in [6.07, 6.45) is 1.70. The first-order chi connectivity index (χ1) is 10.6. The number of anilines is 2. The largest absolute Gasteiger partial charge is 0.481 e. The lowest BCUT2D eigenvalue weighted by atomic mass is 9.93. The van der Waals surface area contributed by atoms with Crippen LogP contribution in [0.5, 0.6) is 0 Å². The minimum atomic E-state index is -0.796. The van der Waals surface area contributed by atoms with Crippen molar-refractivity contribution in [3.63, 3.8) is 0 Å². The molecule has 2 aromatic heterocycles. The highest BCUT2D eigenvalue weighted by atomic mass is 32.1. The summed E-state index contributed by atoms with van der Waals surface area (Å²) in [5.74, 6) is -0.768. The Morgan fingerprint density at radius 3 is 2.82 bits per heavy atom. The van der Waals surface area contributed by atoms with E-state index in [9.17, 15) is 9.90 Å². The zero-order valence-corrected chi connectivity index (χ0v) is 13.2. The maximum Gasteiger partial charge on any atom is 0.309 e. The van der Waals surface area contributed by atoms with Crippen LogP contribution in [0.25, 0.3) is 0 Å². The van der Waals surface area contributed by atoms with E-state index in [4.69, 9.17) is 0 Å². The van der Waals surface area contributed by atoms with Crippen LogP contribution in [0, 0.1) is 5.92 Å². The number of carboxylic acid groups (broad SMARTS) is 1. The number of hydrogen-bond acceptors (Lipinski definition) is 7. The molecule has 1 aliphatic heterocycles. The monoisotopic (exact) mass is 319 g/mol. The molecule has 1 N–H and O–H groups in total. The van der Waals surface area contributed by atoms with Gasteiger partial charge < -0.3 is 14.9 Å². The van der Waals surface area contributed by atoms with Gasteiger partial charge in [0.05, 0.1) is 5.92 Å². The van der Waals surface area contributed by atoms with Gasteiger partial charge in [0.1, 0.15) is 0 Å². The number of aliphatic carboxylic acids is 1. The average molecular weight is 319 g/mol. The first-order valence-corrected chi connectivity index (χ1v) is 7.73. The molecule has 2 atom stereocenters. The van der Waals surface area contributed by atoms with Crippen LogP contribution in [0.3, 0.4) is 0 Å². The molecule has 1 aliphatic rings. The van der Waals surface area contributed by atoms with Crippen molar-refractivity contribution in [1.29, 1.82) is 0 Å². The molecule has 2 aromatic rings. The topological polar surface area (TPSA) is 82.5 Å². The Balaban J connectivity index is 1.85. The second-order valence-electron chi connectivity index (χ2n) is 5.48. The van der Waals surface area contributed by atoms with E-state index in [1.807, 2.05) is 42.1 Å². The van der Waals surface area contributed by atoms with Crippen LogP contribution in [0.1, 0.15) is 11.6 Å². The summed E-state index contributed by atoms with van der Waals surface area (Å²) in [5, 5.41) is 10.3. The number of carboxylic acids is 1. The van der Waals surface area contributed by atoms with Crippen LogP contribution in [0.2, 0.25) is 0 Å².